The number of hydrazone groups is 1. The molecule has 0 radical (unpaired) electrons. The van der Waals surface area contributed by atoms with E-state index in [1.54, 1.807) is 6.20 Å². The van der Waals surface area contributed by atoms with Crippen molar-refractivity contribution in [3.8, 4) is 0 Å². The van der Waals surface area contributed by atoms with Crippen LogP contribution in [0.3, 0.4) is 0 Å². The van der Waals surface area contributed by atoms with Crippen LogP contribution >= 0.6 is 0 Å². The van der Waals surface area contributed by atoms with E-state index in [9.17, 15) is 4.79 Å². The van der Waals surface area contributed by atoms with Gasteiger partial charge in [0.05, 0.1) is 24.4 Å². The Hall–Kier alpha value is -3.48. The minimum absolute atomic E-state index is 0.0779. The summed E-state index contributed by atoms with van der Waals surface area (Å²) in [5, 5.41) is 14.5. The molecule has 5 rings (SSSR count). The minimum atomic E-state index is -0.313. The third-order valence-corrected chi connectivity index (χ3v) is 6.74. The quantitative estimate of drug-likeness (QED) is 0.540. The second-order valence-electron chi connectivity index (χ2n) is 9.71. The summed E-state index contributed by atoms with van der Waals surface area (Å²) in [5.41, 5.74) is 7.81. The number of carbonyl (C=O) groups excluding carboxylic acids is 1. The highest BCUT2D eigenvalue weighted by Gasteiger charge is 2.33. The van der Waals surface area contributed by atoms with Crippen molar-refractivity contribution in [2.45, 2.75) is 52.0 Å². The number of H-pyrrole nitrogens is 1. The van der Waals surface area contributed by atoms with Crippen LogP contribution in [0.1, 0.15) is 71.2 Å². The number of aryl methyl sites for hydroxylation is 1. The molecule has 1 N–H and O–H groups in total. The van der Waals surface area contributed by atoms with E-state index in [2.05, 4.69) is 41.7 Å². The molecule has 3 aliphatic rings. The monoisotopic (exact) mass is 443 g/mol. The van der Waals surface area contributed by atoms with Gasteiger partial charge in [0.25, 0.3) is 0 Å². The Labute approximate surface area is 193 Å². The fourth-order valence-electron chi connectivity index (χ4n) is 5.16. The molecule has 7 heteroatoms. The summed E-state index contributed by atoms with van der Waals surface area (Å²) in [5.74, 6) is 0.429. The number of methoxy groups -OCH3 is 1. The number of nitrogens with zero attached hydrogens (tertiary/aromatic N) is 4. The minimum Gasteiger partial charge on any atom is -0.465 e. The van der Waals surface area contributed by atoms with E-state index in [1.807, 2.05) is 29.4 Å². The molecule has 0 saturated heterocycles. The Bertz CT molecular complexity index is 1220. The topological polar surface area (TPSA) is 82.9 Å². The first-order valence-corrected chi connectivity index (χ1v) is 11.4. The fraction of sp³-hybridized carbons (Fsp3) is 0.385. The number of hydrogen-bond donors (Lipinski definition) is 1. The summed E-state index contributed by atoms with van der Waals surface area (Å²) < 4.78 is 4.85. The van der Waals surface area contributed by atoms with Crippen molar-refractivity contribution in [3.05, 3.63) is 70.7 Å². The van der Waals surface area contributed by atoms with Crippen LogP contribution in [0, 0.1) is 5.41 Å². The predicted octanol–water partition coefficient (Wildman–Crippen LogP) is 4.63. The maximum atomic E-state index is 11.9. The summed E-state index contributed by atoms with van der Waals surface area (Å²) in [4.78, 5) is 16.5. The van der Waals surface area contributed by atoms with Crippen molar-refractivity contribution >= 4 is 23.6 Å². The molecule has 0 amide bonds. The number of carbonyl (C=O) groups is 1. The van der Waals surface area contributed by atoms with Crippen molar-refractivity contribution in [3.63, 3.8) is 0 Å². The smallest absolute Gasteiger partial charge is 0.337 e. The number of allylic oxidation sites excluding steroid dienone is 1. The number of aromatic nitrogens is 2. The Morgan fingerprint density at radius 1 is 1.36 bits per heavy atom. The van der Waals surface area contributed by atoms with Crippen molar-refractivity contribution in [2.75, 3.05) is 7.11 Å². The van der Waals surface area contributed by atoms with E-state index in [0.717, 1.165) is 53.9 Å². The second kappa shape index (κ2) is 8.14. The Morgan fingerprint density at radius 3 is 2.94 bits per heavy atom. The molecule has 7 nitrogen and oxygen atoms in total. The molecular weight excluding hydrogens is 414 g/mol. The molecule has 2 aromatic rings. The van der Waals surface area contributed by atoms with Crippen LogP contribution in [0.25, 0.3) is 5.57 Å². The zero-order valence-corrected chi connectivity index (χ0v) is 19.4. The molecule has 0 saturated carbocycles. The number of amidine groups is 1. The summed E-state index contributed by atoms with van der Waals surface area (Å²) >= 11 is 0. The van der Waals surface area contributed by atoms with Crippen LogP contribution in [0.2, 0.25) is 0 Å². The number of rotatable bonds is 5. The lowest BCUT2D eigenvalue weighted by Gasteiger charge is -2.24. The number of esters is 1. The molecule has 0 spiro atoms. The third kappa shape index (κ3) is 3.92. The first kappa shape index (κ1) is 21.4. The van der Waals surface area contributed by atoms with Gasteiger partial charge < -0.3 is 4.74 Å². The van der Waals surface area contributed by atoms with Crippen LogP contribution in [0.15, 0.2) is 47.1 Å². The van der Waals surface area contributed by atoms with E-state index in [-0.39, 0.29) is 17.4 Å². The van der Waals surface area contributed by atoms with Gasteiger partial charge in [0.2, 0.25) is 0 Å². The zero-order chi connectivity index (χ0) is 23.2. The highest BCUT2D eigenvalue weighted by molar-refractivity contribution is 6.16. The van der Waals surface area contributed by atoms with E-state index in [0.29, 0.717) is 12.0 Å². The van der Waals surface area contributed by atoms with Crippen molar-refractivity contribution < 1.29 is 9.53 Å². The lowest BCUT2D eigenvalue weighted by Crippen LogP contribution is -2.18. The molecule has 1 unspecified atom stereocenters. The van der Waals surface area contributed by atoms with Gasteiger partial charge in [0.1, 0.15) is 0 Å². The number of benzene rings is 1. The van der Waals surface area contributed by atoms with Crippen molar-refractivity contribution in [1.29, 1.82) is 0 Å². The average molecular weight is 444 g/mol. The first-order valence-electron chi connectivity index (χ1n) is 11.4. The third-order valence-electron chi connectivity index (χ3n) is 6.74. The molecule has 2 aliphatic carbocycles. The maximum Gasteiger partial charge on any atom is 0.337 e. The summed E-state index contributed by atoms with van der Waals surface area (Å²) in [6.45, 7) is 8.56. The van der Waals surface area contributed by atoms with Gasteiger partial charge in [-0.05, 0) is 54.4 Å². The van der Waals surface area contributed by atoms with E-state index < -0.39 is 0 Å². The van der Waals surface area contributed by atoms with Gasteiger partial charge in [-0.1, -0.05) is 32.6 Å². The number of fused-ring (bicyclic) bond motifs is 2. The standard InChI is InChI=1S/C26H29N5O2/c1-5-31(22-10-7-16-12-17(25(32)33-4)6-9-19(16)22)30-23-11-8-18(15-27-23)24-20-13-26(2,3)14-21(20)28-29-24/h5-6,8-9,12,15,22H,1,7,10-11,13-14H2,2-4H3,(H,28,29)/b30-23+. The SMILES string of the molecule is C=CN(/N=C1\CC=C(c2n[nH]c3c2CC(C)(C)C3)C=N1)C1CCc2cc(C(=O)OC)ccc21. The molecule has 0 fully saturated rings. The van der Waals surface area contributed by atoms with Crippen LogP contribution in [-0.4, -0.2) is 40.3 Å². The molecule has 170 valence electrons. The first-order chi connectivity index (χ1) is 15.9. The summed E-state index contributed by atoms with van der Waals surface area (Å²) in [7, 11) is 1.40. The van der Waals surface area contributed by atoms with Gasteiger partial charge in [-0.2, -0.15) is 10.2 Å². The maximum absolute atomic E-state index is 11.9. The van der Waals surface area contributed by atoms with E-state index >= 15 is 0 Å². The predicted molar refractivity (Wildman–Crippen MR) is 129 cm³/mol. The largest absolute Gasteiger partial charge is 0.465 e. The molecule has 1 aromatic carbocycles. The van der Waals surface area contributed by atoms with Crippen LogP contribution in [0.5, 0.6) is 0 Å². The van der Waals surface area contributed by atoms with Crippen LogP contribution < -0.4 is 0 Å². The van der Waals surface area contributed by atoms with Crippen LogP contribution in [-0.2, 0) is 24.0 Å². The highest BCUT2D eigenvalue weighted by Crippen LogP contribution is 2.39. The molecule has 1 aliphatic heterocycles. The Kier molecular flexibility index (Phi) is 5.27. The number of dihydropyridines is 1. The van der Waals surface area contributed by atoms with Gasteiger partial charge in [0.15, 0.2) is 5.84 Å². The van der Waals surface area contributed by atoms with E-state index in [1.165, 1.54) is 18.4 Å². The summed E-state index contributed by atoms with van der Waals surface area (Å²) in [6.07, 6.45) is 10.3. The van der Waals surface area contributed by atoms with Gasteiger partial charge in [-0.3, -0.25) is 10.1 Å². The summed E-state index contributed by atoms with van der Waals surface area (Å²) in [6, 6.07) is 5.81. The second-order valence-corrected chi connectivity index (χ2v) is 9.71. The van der Waals surface area contributed by atoms with E-state index in [4.69, 9.17) is 9.84 Å². The van der Waals surface area contributed by atoms with Crippen LogP contribution in [0.4, 0.5) is 0 Å². The Balaban J connectivity index is 1.32. The van der Waals surface area contributed by atoms with Crippen molar-refractivity contribution in [1.82, 2.24) is 15.2 Å². The zero-order valence-electron chi connectivity index (χ0n) is 19.4. The number of aromatic amines is 1. The average Bonchev–Trinajstić information content (AvgIpc) is 3.48. The molecule has 1 atom stereocenters. The Morgan fingerprint density at radius 2 is 2.21 bits per heavy atom. The molecule has 0 bridgehead atoms. The van der Waals surface area contributed by atoms with Gasteiger partial charge >= 0.3 is 5.97 Å². The number of nitrogens with one attached hydrogen (secondary N) is 1. The van der Waals surface area contributed by atoms with Gasteiger partial charge in [-0.15, -0.1) is 0 Å². The lowest BCUT2D eigenvalue weighted by molar-refractivity contribution is 0.0600. The number of ether oxygens (including phenoxy) is 1. The molecule has 1 aromatic heterocycles. The number of hydrogen-bond acceptors (Lipinski definition) is 5. The van der Waals surface area contributed by atoms with Gasteiger partial charge in [-0.25, -0.2) is 9.79 Å². The fourth-order valence-corrected chi connectivity index (χ4v) is 5.16. The molecule has 2 heterocycles. The normalized spacial score (nSPS) is 21.5. The molecule has 33 heavy (non-hydrogen) atoms. The highest BCUT2D eigenvalue weighted by atomic mass is 16.5. The number of aliphatic imine (C=N–C) groups is 1. The van der Waals surface area contributed by atoms with Crippen molar-refractivity contribution in [2.24, 2.45) is 15.5 Å². The van der Waals surface area contributed by atoms with Gasteiger partial charge in [0, 0.05) is 35.7 Å². The molecular formula is C26H29N5O2. The lowest BCUT2D eigenvalue weighted by atomic mass is 9.90.